The van der Waals surface area contributed by atoms with Crippen molar-refractivity contribution in [2.75, 3.05) is 5.73 Å². The van der Waals surface area contributed by atoms with E-state index in [0.717, 1.165) is 0 Å². The van der Waals surface area contributed by atoms with Gasteiger partial charge in [0.05, 0.1) is 5.69 Å². The van der Waals surface area contributed by atoms with E-state index in [4.69, 9.17) is 5.73 Å². The summed E-state index contributed by atoms with van der Waals surface area (Å²) in [4.78, 5) is 21.5. The van der Waals surface area contributed by atoms with Gasteiger partial charge < -0.3 is 5.73 Å². The van der Waals surface area contributed by atoms with Gasteiger partial charge in [-0.05, 0) is 0 Å². The monoisotopic (exact) mass is 164 g/mol. The van der Waals surface area contributed by atoms with Gasteiger partial charge in [0, 0.05) is 12.1 Å². The molecule has 0 aliphatic carbocycles. The number of anilines is 1. The number of H-pyrrole nitrogens is 1. The van der Waals surface area contributed by atoms with E-state index < -0.39 is 0 Å². The molecule has 62 valence electrons. The normalized spacial score (nSPS) is 19.6. The summed E-state index contributed by atoms with van der Waals surface area (Å²) in [5.41, 5.74) is 6.16. The van der Waals surface area contributed by atoms with Gasteiger partial charge in [-0.15, -0.1) is 0 Å². The molecule has 1 aromatic heterocycles. The minimum absolute atomic E-state index is 0.0876. The Kier molecular flexibility index (Phi) is 1.27. The van der Waals surface area contributed by atoms with Gasteiger partial charge in [0.2, 0.25) is 5.95 Å². The van der Waals surface area contributed by atoms with E-state index in [0.29, 0.717) is 11.4 Å². The van der Waals surface area contributed by atoms with Crippen molar-refractivity contribution in [3.63, 3.8) is 0 Å². The molecule has 12 heavy (non-hydrogen) atoms. The van der Waals surface area contributed by atoms with E-state index in [1.165, 1.54) is 0 Å². The molecule has 1 unspecified atom stereocenters. The van der Waals surface area contributed by atoms with E-state index in [9.17, 15) is 4.79 Å². The second-order valence-corrected chi connectivity index (χ2v) is 2.75. The van der Waals surface area contributed by atoms with Crippen LogP contribution in [-0.4, -0.2) is 16.2 Å². The van der Waals surface area contributed by atoms with Gasteiger partial charge in [-0.1, -0.05) is 6.92 Å². The van der Waals surface area contributed by atoms with Gasteiger partial charge in [0.1, 0.15) is 5.69 Å². The highest BCUT2D eigenvalue weighted by Gasteiger charge is 2.19. The van der Waals surface area contributed by atoms with Crippen LogP contribution in [0.25, 0.3) is 0 Å². The fourth-order valence-electron chi connectivity index (χ4n) is 1.20. The Morgan fingerprint density at radius 1 is 1.67 bits per heavy atom. The second kappa shape index (κ2) is 2.17. The number of aromatic nitrogens is 2. The SMILES string of the molecule is CC1C=Nc2c1nc(N)[nH]c2=O. The first-order valence-corrected chi connectivity index (χ1v) is 3.62. The molecule has 0 radical (unpaired) electrons. The highest BCUT2D eigenvalue weighted by Crippen LogP contribution is 2.25. The molecule has 1 atom stereocenters. The number of aromatic amines is 1. The minimum Gasteiger partial charge on any atom is -0.369 e. The fourth-order valence-corrected chi connectivity index (χ4v) is 1.20. The van der Waals surface area contributed by atoms with Crippen LogP contribution in [0.2, 0.25) is 0 Å². The first-order valence-electron chi connectivity index (χ1n) is 3.62. The number of nitrogens with two attached hydrogens (primary N) is 1. The lowest BCUT2D eigenvalue weighted by atomic mass is 10.1. The molecule has 0 fully saturated rings. The third-order valence-electron chi connectivity index (χ3n) is 1.80. The van der Waals surface area contributed by atoms with Crippen molar-refractivity contribution >= 4 is 17.9 Å². The van der Waals surface area contributed by atoms with E-state index in [-0.39, 0.29) is 17.4 Å². The van der Waals surface area contributed by atoms with Crippen LogP contribution in [0, 0.1) is 0 Å². The minimum atomic E-state index is -0.266. The molecule has 0 spiro atoms. The number of nitrogens with zero attached hydrogens (tertiary/aromatic N) is 2. The molecule has 0 aromatic carbocycles. The zero-order valence-electron chi connectivity index (χ0n) is 6.53. The van der Waals surface area contributed by atoms with Gasteiger partial charge in [0.15, 0.2) is 0 Å². The fraction of sp³-hybridized carbons (Fsp3) is 0.286. The van der Waals surface area contributed by atoms with Gasteiger partial charge in [-0.25, -0.2) is 4.98 Å². The molecule has 1 aliphatic rings. The van der Waals surface area contributed by atoms with Crippen molar-refractivity contribution < 1.29 is 0 Å². The standard InChI is InChI=1S/C7H8N4O/c1-3-2-9-5-4(3)10-7(8)11-6(5)12/h2-3H,1H3,(H3,8,10,11,12). The lowest BCUT2D eigenvalue weighted by Crippen LogP contribution is -2.12. The molecule has 2 rings (SSSR count). The second-order valence-electron chi connectivity index (χ2n) is 2.75. The largest absolute Gasteiger partial charge is 0.369 e. The molecule has 0 amide bonds. The lowest BCUT2D eigenvalue weighted by molar-refractivity contribution is 0.969. The molecule has 3 N–H and O–H groups in total. The molecule has 1 aromatic rings. The van der Waals surface area contributed by atoms with Crippen molar-refractivity contribution in [1.29, 1.82) is 0 Å². The predicted octanol–water partition coefficient (Wildman–Crippen LogP) is 0.172. The van der Waals surface area contributed by atoms with E-state index in [1.54, 1.807) is 6.21 Å². The molecule has 0 bridgehead atoms. The number of aliphatic imine (C=N–C) groups is 1. The summed E-state index contributed by atoms with van der Waals surface area (Å²) in [6.45, 7) is 1.92. The summed E-state index contributed by atoms with van der Waals surface area (Å²) in [7, 11) is 0. The summed E-state index contributed by atoms with van der Waals surface area (Å²) in [5.74, 6) is 0.237. The summed E-state index contributed by atoms with van der Waals surface area (Å²) < 4.78 is 0. The van der Waals surface area contributed by atoms with E-state index >= 15 is 0 Å². The maximum Gasteiger partial charge on any atom is 0.278 e. The van der Waals surface area contributed by atoms with Crippen LogP contribution in [0.5, 0.6) is 0 Å². The first kappa shape index (κ1) is 7.02. The molecule has 2 heterocycles. The van der Waals surface area contributed by atoms with Gasteiger partial charge in [-0.2, -0.15) is 0 Å². The molecule has 0 saturated heterocycles. The van der Waals surface area contributed by atoms with E-state index in [1.807, 2.05) is 6.92 Å². The Labute approximate surface area is 68.4 Å². The Balaban J connectivity index is 2.75. The van der Waals surface area contributed by atoms with Crippen molar-refractivity contribution in [1.82, 2.24) is 9.97 Å². The van der Waals surface area contributed by atoms with Crippen LogP contribution < -0.4 is 11.3 Å². The molecular formula is C7H8N4O. The molecule has 1 aliphatic heterocycles. The Bertz CT molecular complexity index is 406. The van der Waals surface area contributed by atoms with Crippen LogP contribution in [-0.2, 0) is 0 Å². The summed E-state index contributed by atoms with van der Waals surface area (Å²) in [5, 5.41) is 0. The third kappa shape index (κ3) is 0.827. The Morgan fingerprint density at radius 3 is 3.17 bits per heavy atom. The molecule has 0 saturated carbocycles. The Hall–Kier alpha value is -1.65. The number of fused-ring (bicyclic) bond motifs is 1. The maximum atomic E-state index is 11.2. The number of hydrogen-bond acceptors (Lipinski definition) is 4. The van der Waals surface area contributed by atoms with Crippen molar-refractivity contribution in [3.05, 3.63) is 16.0 Å². The molecule has 5 heteroatoms. The topological polar surface area (TPSA) is 84.1 Å². The average molecular weight is 164 g/mol. The highest BCUT2D eigenvalue weighted by molar-refractivity contribution is 5.78. The highest BCUT2D eigenvalue weighted by atomic mass is 16.1. The van der Waals surface area contributed by atoms with Gasteiger partial charge in [0.25, 0.3) is 5.56 Å². The van der Waals surface area contributed by atoms with Crippen molar-refractivity contribution in [3.8, 4) is 0 Å². The number of nitrogen functional groups attached to an aromatic ring is 1. The van der Waals surface area contributed by atoms with Crippen LogP contribution in [0.4, 0.5) is 11.6 Å². The van der Waals surface area contributed by atoms with E-state index in [2.05, 4.69) is 15.0 Å². The van der Waals surface area contributed by atoms with Crippen LogP contribution >= 0.6 is 0 Å². The third-order valence-corrected chi connectivity index (χ3v) is 1.80. The quantitative estimate of drug-likeness (QED) is 0.573. The smallest absolute Gasteiger partial charge is 0.278 e. The Morgan fingerprint density at radius 2 is 2.42 bits per heavy atom. The molecule has 5 nitrogen and oxygen atoms in total. The van der Waals surface area contributed by atoms with Gasteiger partial charge in [-0.3, -0.25) is 14.8 Å². The van der Waals surface area contributed by atoms with Crippen molar-refractivity contribution in [2.45, 2.75) is 12.8 Å². The number of nitrogens with one attached hydrogen (secondary N) is 1. The molecular weight excluding hydrogens is 156 g/mol. The zero-order chi connectivity index (χ0) is 8.72. The van der Waals surface area contributed by atoms with Crippen LogP contribution in [0.15, 0.2) is 9.79 Å². The zero-order valence-corrected chi connectivity index (χ0v) is 6.53. The summed E-state index contributed by atoms with van der Waals surface area (Å²) in [6, 6.07) is 0. The lowest BCUT2D eigenvalue weighted by Gasteiger charge is -2.00. The predicted molar refractivity (Wildman–Crippen MR) is 45.8 cm³/mol. The number of hydrogen-bond donors (Lipinski definition) is 2. The van der Waals surface area contributed by atoms with Gasteiger partial charge >= 0.3 is 0 Å². The van der Waals surface area contributed by atoms with Crippen LogP contribution in [0.1, 0.15) is 18.5 Å². The summed E-state index contributed by atoms with van der Waals surface area (Å²) in [6.07, 6.45) is 1.69. The average Bonchev–Trinajstić information content (AvgIpc) is 2.33. The maximum absolute atomic E-state index is 11.2. The summed E-state index contributed by atoms with van der Waals surface area (Å²) >= 11 is 0. The first-order chi connectivity index (χ1) is 5.68. The van der Waals surface area contributed by atoms with Crippen LogP contribution in [0.3, 0.4) is 0 Å². The van der Waals surface area contributed by atoms with Crippen molar-refractivity contribution in [2.24, 2.45) is 4.99 Å². The number of rotatable bonds is 0.